The number of non-ortho nitro benzene ring substituents is 2. The second-order valence-corrected chi connectivity index (χ2v) is 21.0. The number of hydrogen-bond donors (Lipinski definition) is 1. The number of ketones is 1. The predicted molar refractivity (Wildman–Crippen MR) is 169 cm³/mol. The molecule has 0 saturated heterocycles. The first-order valence-corrected chi connectivity index (χ1v) is 18.7. The van der Waals surface area contributed by atoms with Gasteiger partial charge in [0.25, 0.3) is 11.4 Å². The number of hydrogen-bond acceptors (Lipinski definition) is 9. The molecule has 3 saturated carbocycles. The molecule has 0 radical (unpaired) electrons. The summed E-state index contributed by atoms with van der Waals surface area (Å²) in [6.45, 7) is 20.8. The molecular formula is C33H46N2O9Si. The van der Waals surface area contributed by atoms with Crippen LogP contribution >= 0.6 is 0 Å². The fraction of sp³-hybridized carbons (Fsp3) is 0.697. The van der Waals surface area contributed by atoms with Gasteiger partial charge in [-0.1, -0.05) is 60.1 Å². The Morgan fingerprint density at radius 3 is 2.11 bits per heavy atom. The molecule has 3 fully saturated rings. The molecule has 45 heavy (non-hydrogen) atoms. The molecule has 1 spiro atoms. The fourth-order valence-electron chi connectivity index (χ4n) is 8.84. The van der Waals surface area contributed by atoms with Crippen molar-refractivity contribution in [3.63, 3.8) is 0 Å². The maximum Gasteiger partial charge on any atom is 0.339 e. The van der Waals surface area contributed by atoms with Crippen molar-refractivity contribution in [3.8, 4) is 0 Å². The number of rotatable bonds is 6. The summed E-state index contributed by atoms with van der Waals surface area (Å²) in [6, 6.07) is 2.65. The van der Waals surface area contributed by atoms with Crippen LogP contribution in [-0.4, -0.2) is 52.8 Å². The highest BCUT2D eigenvalue weighted by Crippen LogP contribution is 2.75. The van der Waals surface area contributed by atoms with Gasteiger partial charge in [0.05, 0.1) is 33.0 Å². The average molecular weight is 643 g/mol. The van der Waals surface area contributed by atoms with Crippen molar-refractivity contribution in [1.29, 1.82) is 0 Å². The summed E-state index contributed by atoms with van der Waals surface area (Å²) in [4.78, 5) is 50.0. The Bertz CT molecular complexity index is 1480. The summed E-state index contributed by atoms with van der Waals surface area (Å²) in [5, 5.41) is 35.9. The first-order chi connectivity index (χ1) is 20.5. The van der Waals surface area contributed by atoms with E-state index in [4.69, 9.17) is 9.16 Å². The van der Waals surface area contributed by atoms with Gasteiger partial charge in [-0.25, -0.2) is 4.79 Å². The molecule has 246 valence electrons. The zero-order chi connectivity index (χ0) is 33.8. The summed E-state index contributed by atoms with van der Waals surface area (Å²) < 4.78 is 13.4. The first kappa shape index (κ1) is 33.4. The highest BCUT2D eigenvalue weighted by molar-refractivity contribution is 6.74. The Balaban J connectivity index is 1.69. The van der Waals surface area contributed by atoms with Crippen LogP contribution in [0, 0.1) is 60.6 Å². The topological polar surface area (TPSA) is 159 Å². The van der Waals surface area contributed by atoms with E-state index in [2.05, 4.69) is 47.7 Å². The molecule has 1 aromatic carbocycles. The third-order valence-electron chi connectivity index (χ3n) is 12.1. The molecule has 0 heterocycles. The summed E-state index contributed by atoms with van der Waals surface area (Å²) >= 11 is 0. The van der Waals surface area contributed by atoms with Crippen LogP contribution in [0.1, 0.15) is 78.6 Å². The number of ether oxygens (including phenoxy) is 1. The number of nitro groups is 2. The van der Waals surface area contributed by atoms with Gasteiger partial charge in [0, 0.05) is 36.3 Å². The number of fused-ring (bicyclic) bond motifs is 2. The Kier molecular flexibility index (Phi) is 7.62. The van der Waals surface area contributed by atoms with Gasteiger partial charge in [-0.2, -0.15) is 0 Å². The number of benzene rings is 1. The van der Waals surface area contributed by atoms with Crippen LogP contribution in [0.5, 0.6) is 0 Å². The number of nitrogens with zero attached hydrogens (tertiary/aromatic N) is 2. The fourth-order valence-corrected chi connectivity index (χ4v) is 10.2. The second-order valence-electron chi connectivity index (χ2n) is 16.2. The summed E-state index contributed by atoms with van der Waals surface area (Å²) in [7, 11) is -2.49. The lowest BCUT2D eigenvalue weighted by Gasteiger charge is -2.60. The van der Waals surface area contributed by atoms with E-state index in [1.807, 2.05) is 26.8 Å². The van der Waals surface area contributed by atoms with Crippen LogP contribution in [0.15, 0.2) is 29.8 Å². The molecule has 0 amide bonds. The Hall–Kier alpha value is -2.96. The monoisotopic (exact) mass is 642 g/mol. The van der Waals surface area contributed by atoms with Crippen molar-refractivity contribution in [2.45, 2.75) is 104 Å². The lowest BCUT2D eigenvalue weighted by molar-refractivity contribution is -0.394. The third-order valence-corrected chi connectivity index (χ3v) is 16.6. The quantitative estimate of drug-likeness (QED) is 0.118. The standard InChI is InChI=1S/C33H46N2O9Si/c1-17-15-32-25(24-23(31(24,7)8)11-18(2)27(32)36)26(44-45(9,10)30(4,5)6)19(3)28(33(32,38)16-17)43-29(37)20-12-21(34(39)40)14-22(13-20)35(41)42/h12-15,18-19,23-26,28,38H,11,16H2,1-10H3/t18-,19+,23-,24-,25-,26-,28-,32-,33-/m1/s1. The maximum atomic E-state index is 14.7. The minimum atomic E-state index is -2.49. The number of nitro benzene ring substituents is 2. The Morgan fingerprint density at radius 2 is 1.60 bits per heavy atom. The van der Waals surface area contributed by atoms with Crippen LogP contribution in [0.25, 0.3) is 0 Å². The molecule has 5 rings (SSSR count). The smallest absolute Gasteiger partial charge is 0.339 e. The number of carbonyl (C=O) groups is 2. The first-order valence-electron chi connectivity index (χ1n) is 15.8. The lowest BCUT2D eigenvalue weighted by atomic mass is 9.50. The minimum absolute atomic E-state index is 0.0853. The molecule has 12 heteroatoms. The van der Waals surface area contributed by atoms with Gasteiger partial charge in [-0.15, -0.1) is 0 Å². The van der Waals surface area contributed by atoms with Crippen LogP contribution in [0.2, 0.25) is 18.1 Å². The summed E-state index contributed by atoms with van der Waals surface area (Å²) in [5.41, 5.74) is -4.11. The van der Waals surface area contributed by atoms with E-state index in [-0.39, 0.29) is 51.9 Å². The molecule has 0 bridgehead atoms. The van der Waals surface area contributed by atoms with Gasteiger partial charge in [0.2, 0.25) is 0 Å². The molecule has 4 aliphatic rings. The molecule has 11 nitrogen and oxygen atoms in total. The van der Waals surface area contributed by atoms with E-state index in [0.717, 1.165) is 23.8 Å². The van der Waals surface area contributed by atoms with Crippen LogP contribution in [-0.2, 0) is 14.0 Å². The summed E-state index contributed by atoms with van der Waals surface area (Å²) in [6.07, 6.45) is 0.928. The predicted octanol–water partition coefficient (Wildman–Crippen LogP) is 6.63. The molecule has 4 aliphatic carbocycles. The van der Waals surface area contributed by atoms with Crippen molar-refractivity contribution in [1.82, 2.24) is 0 Å². The zero-order valence-electron chi connectivity index (χ0n) is 27.9. The maximum absolute atomic E-state index is 14.7. The van der Waals surface area contributed by atoms with Crippen LogP contribution in [0.3, 0.4) is 0 Å². The van der Waals surface area contributed by atoms with Crippen LogP contribution in [0.4, 0.5) is 11.4 Å². The van der Waals surface area contributed by atoms with Gasteiger partial charge in [0.15, 0.2) is 8.32 Å². The highest BCUT2D eigenvalue weighted by atomic mass is 28.4. The molecule has 0 unspecified atom stereocenters. The Labute approximate surface area is 265 Å². The molecule has 1 aromatic rings. The van der Waals surface area contributed by atoms with E-state index in [1.54, 1.807) is 0 Å². The normalized spacial score (nSPS) is 37.0. The zero-order valence-corrected chi connectivity index (χ0v) is 28.9. The van der Waals surface area contributed by atoms with Gasteiger partial charge in [0.1, 0.15) is 17.5 Å². The van der Waals surface area contributed by atoms with E-state index in [1.165, 1.54) is 0 Å². The summed E-state index contributed by atoms with van der Waals surface area (Å²) in [5.74, 6) is -2.06. The van der Waals surface area contributed by atoms with E-state index in [0.29, 0.717) is 6.42 Å². The largest absolute Gasteiger partial charge is 0.455 e. The number of esters is 1. The van der Waals surface area contributed by atoms with Crippen molar-refractivity contribution in [2.24, 2.45) is 40.4 Å². The lowest BCUT2D eigenvalue weighted by Crippen LogP contribution is -2.72. The van der Waals surface area contributed by atoms with E-state index < -0.39 is 64.6 Å². The number of Topliss-reactive ketones (excluding diaryl/α,β-unsaturated/α-hetero) is 1. The van der Waals surface area contributed by atoms with Gasteiger partial charge < -0.3 is 14.3 Å². The van der Waals surface area contributed by atoms with Crippen LogP contribution < -0.4 is 0 Å². The van der Waals surface area contributed by atoms with Gasteiger partial charge >= 0.3 is 5.97 Å². The van der Waals surface area contributed by atoms with Crippen molar-refractivity contribution < 1.29 is 33.7 Å². The number of aliphatic hydroxyl groups is 1. The van der Waals surface area contributed by atoms with Crippen molar-refractivity contribution >= 4 is 31.4 Å². The van der Waals surface area contributed by atoms with E-state index >= 15 is 0 Å². The molecule has 9 atom stereocenters. The number of carbonyl (C=O) groups excluding carboxylic acids is 2. The van der Waals surface area contributed by atoms with Gasteiger partial charge in [-0.05, 0) is 48.7 Å². The highest BCUT2D eigenvalue weighted by Gasteiger charge is 2.80. The minimum Gasteiger partial charge on any atom is -0.455 e. The molecule has 0 aliphatic heterocycles. The SMILES string of the molecule is CC1=C[C@]23C(=O)[C@H](C)C[C@@H]4[C@H]([C@@H]2[C@H](O[Si](C)(C)C(C)(C)C)[C@H](C)[C@@H](OC(=O)c2cc([N+](=O)[O-])cc([N+](=O)[O-])c2)[C@]3(O)C1)C4(C)C. The molecular weight excluding hydrogens is 596 g/mol. The second kappa shape index (κ2) is 10.3. The third kappa shape index (κ3) is 4.81. The van der Waals surface area contributed by atoms with Gasteiger partial charge in [-0.3, -0.25) is 25.0 Å². The Morgan fingerprint density at radius 1 is 1.04 bits per heavy atom. The molecule has 1 N–H and O–H groups in total. The average Bonchev–Trinajstić information content (AvgIpc) is 3.34. The van der Waals surface area contributed by atoms with Crippen molar-refractivity contribution in [3.05, 3.63) is 55.6 Å². The molecule has 0 aromatic heterocycles. The van der Waals surface area contributed by atoms with E-state index in [9.17, 15) is 34.9 Å². The van der Waals surface area contributed by atoms with Crippen molar-refractivity contribution in [2.75, 3.05) is 0 Å².